The van der Waals surface area contributed by atoms with Crippen molar-refractivity contribution in [2.75, 3.05) is 13.4 Å². The summed E-state index contributed by atoms with van der Waals surface area (Å²) < 4.78 is 16.1. The lowest BCUT2D eigenvalue weighted by Gasteiger charge is -2.17. The number of hydrogen-bond acceptors (Lipinski definition) is 3. The van der Waals surface area contributed by atoms with Crippen LogP contribution in [0, 0.1) is 0 Å². The molecule has 2 unspecified atom stereocenters. The average Bonchev–Trinajstić information content (AvgIpc) is 2.44. The molecule has 2 atom stereocenters. The predicted octanol–water partition coefficient (Wildman–Crippen LogP) is 2.09. The SMILES string of the molecule is CC1OCOCC(c2ccccc2)O1. The van der Waals surface area contributed by atoms with Crippen molar-refractivity contribution < 1.29 is 14.2 Å². The molecule has 3 nitrogen and oxygen atoms in total. The minimum Gasteiger partial charge on any atom is -0.352 e. The Hall–Kier alpha value is -0.900. The Morgan fingerprint density at radius 3 is 2.79 bits per heavy atom. The highest BCUT2D eigenvalue weighted by atomic mass is 16.8. The summed E-state index contributed by atoms with van der Waals surface area (Å²) in [5.74, 6) is 0. The van der Waals surface area contributed by atoms with Crippen LogP contribution in [0.2, 0.25) is 0 Å². The van der Waals surface area contributed by atoms with Gasteiger partial charge in [0.1, 0.15) is 12.9 Å². The van der Waals surface area contributed by atoms with E-state index in [1.54, 1.807) is 0 Å². The van der Waals surface area contributed by atoms with E-state index in [9.17, 15) is 0 Å². The minimum atomic E-state index is -0.206. The van der Waals surface area contributed by atoms with Crippen molar-refractivity contribution in [3.63, 3.8) is 0 Å². The summed E-state index contributed by atoms with van der Waals surface area (Å²) in [5, 5.41) is 0. The Morgan fingerprint density at radius 1 is 1.21 bits per heavy atom. The van der Waals surface area contributed by atoms with Gasteiger partial charge in [0.2, 0.25) is 0 Å². The summed E-state index contributed by atoms with van der Waals surface area (Å²) in [7, 11) is 0. The highest BCUT2D eigenvalue weighted by Gasteiger charge is 2.19. The molecule has 76 valence electrons. The van der Waals surface area contributed by atoms with Crippen molar-refractivity contribution in [2.45, 2.75) is 19.3 Å². The maximum atomic E-state index is 5.65. The number of hydrogen-bond donors (Lipinski definition) is 0. The lowest BCUT2D eigenvalue weighted by atomic mass is 10.1. The van der Waals surface area contributed by atoms with Gasteiger partial charge >= 0.3 is 0 Å². The largest absolute Gasteiger partial charge is 0.352 e. The topological polar surface area (TPSA) is 27.7 Å². The van der Waals surface area contributed by atoms with E-state index >= 15 is 0 Å². The van der Waals surface area contributed by atoms with Crippen LogP contribution in [-0.2, 0) is 14.2 Å². The fraction of sp³-hybridized carbons (Fsp3) is 0.455. The number of ether oxygens (including phenoxy) is 3. The molecule has 0 spiro atoms. The van der Waals surface area contributed by atoms with E-state index in [0.717, 1.165) is 5.56 Å². The molecule has 1 aliphatic rings. The predicted molar refractivity (Wildman–Crippen MR) is 51.6 cm³/mol. The van der Waals surface area contributed by atoms with Crippen molar-refractivity contribution in [2.24, 2.45) is 0 Å². The zero-order valence-corrected chi connectivity index (χ0v) is 8.18. The van der Waals surface area contributed by atoms with Gasteiger partial charge in [-0.15, -0.1) is 0 Å². The normalized spacial score (nSPS) is 28.4. The van der Waals surface area contributed by atoms with Gasteiger partial charge in [0, 0.05) is 0 Å². The highest BCUT2D eigenvalue weighted by molar-refractivity contribution is 5.17. The Bertz CT molecular complexity index is 273. The third-order valence-electron chi connectivity index (χ3n) is 2.18. The maximum Gasteiger partial charge on any atom is 0.158 e. The second-order valence-electron chi connectivity index (χ2n) is 3.26. The van der Waals surface area contributed by atoms with Crippen LogP contribution in [0.5, 0.6) is 0 Å². The van der Waals surface area contributed by atoms with Gasteiger partial charge in [-0.3, -0.25) is 0 Å². The fourth-order valence-electron chi connectivity index (χ4n) is 1.45. The standard InChI is InChI=1S/C11H14O3/c1-9-13-8-12-7-11(14-9)10-5-3-2-4-6-10/h2-6,9,11H,7-8H2,1H3. The molecule has 3 heteroatoms. The number of rotatable bonds is 1. The zero-order chi connectivity index (χ0) is 9.80. The summed E-state index contributed by atoms with van der Waals surface area (Å²) >= 11 is 0. The van der Waals surface area contributed by atoms with Crippen molar-refractivity contribution in [1.29, 1.82) is 0 Å². The molecule has 2 rings (SSSR count). The van der Waals surface area contributed by atoms with Crippen molar-refractivity contribution in [3.8, 4) is 0 Å². The van der Waals surface area contributed by atoms with Crippen LogP contribution in [0.1, 0.15) is 18.6 Å². The van der Waals surface area contributed by atoms with Gasteiger partial charge in [0.15, 0.2) is 6.29 Å². The van der Waals surface area contributed by atoms with Gasteiger partial charge in [-0.25, -0.2) is 0 Å². The molecule has 1 aromatic carbocycles. The minimum absolute atomic E-state index is 0.0197. The molecule has 0 aliphatic carbocycles. The van der Waals surface area contributed by atoms with Crippen LogP contribution in [-0.4, -0.2) is 19.7 Å². The van der Waals surface area contributed by atoms with Crippen molar-refractivity contribution >= 4 is 0 Å². The van der Waals surface area contributed by atoms with Crippen molar-refractivity contribution in [1.82, 2.24) is 0 Å². The molecule has 1 aliphatic heterocycles. The quantitative estimate of drug-likeness (QED) is 0.685. The van der Waals surface area contributed by atoms with E-state index in [-0.39, 0.29) is 12.4 Å². The second-order valence-corrected chi connectivity index (χ2v) is 3.26. The Labute approximate surface area is 83.6 Å². The molecular formula is C11H14O3. The van der Waals surface area contributed by atoms with Crippen LogP contribution in [0.15, 0.2) is 30.3 Å². The first-order chi connectivity index (χ1) is 6.86. The molecule has 0 N–H and O–H groups in total. The van der Waals surface area contributed by atoms with E-state index < -0.39 is 0 Å². The Morgan fingerprint density at radius 2 is 2.00 bits per heavy atom. The van der Waals surface area contributed by atoms with Gasteiger partial charge in [0.05, 0.1) is 6.61 Å². The van der Waals surface area contributed by atoms with Gasteiger partial charge < -0.3 is 14.2 Å². The van der Waals surface area contributed by atoms with Crippen molar-refractivity contribution in [3.05, 3.63) is 35.9 Å². The Kier molecular flexibility index (Phi) is 3.14. The molecule has 1 aromatic rings. The number of benzene rings is 1. The third kappa shape index (κ3) is 2.32. The highest BCUT2D eigenvalue weighted by Crippen LogP contribution is 2.21. The summed E-state index contributed by atoms with van der Waals surface area (Å²) in [6, 6.07) is 10.0. The molecule has 1 saturated heterocycles. The molecule has 1 fully saturated rings. The molecular weight excluding hydrogens is 180 g/mol. The van der Waals surface area contributed by atoms with E-state index in [1.165, 1.54) is 0 Å². The van der Waals surface area contributed by atoms with Crippen LogP contribution >= 0.6 is 0 Å². The first kappa shape index (κ1) is 9.65. The third-order valence-corrected chi connectivity index (χ3v) is 2.18. The first-order valence-electron chi connectivity index (χ1n) is 4.76. The second kappa shape index (κ2) is 4.55. The lowest BCUT2D eigenvalue weighted by Crippen LogP contribution is -2.14. The van der Waals surface area contributed by atoms with E-state index in [4.69, 9.17) is 14.2 Å². The molecule has 0 radical (unpaired) electrons. The summed E-state index contributed by atoms with van der Waals surface area (Å²) in [6.07, 6.45) is -0.226. The van der Waals surface area contributed by atoms with Crippen LogP contribution < -0.4 is 0 Å². The van der Waals surface area contributed by atoms with E-state index in [1.807, 2.05) is 37.3 Å². The van der Waals surface area contributed by atoms with Gasteiger partial charge in [-0.1, -0.05) is 30.3 Å². The van der Waals surface area contributed by atoms with Crippen LogP contribution in [0.25, 0.3) is 0 Å². The smallest absolute Gasteiger partial charge is 0.158 e. The van der Waals surface area contributed by atoms with Gasteiger partial charge in [-0.2, -0.15) is 0 Å². The van der Waals surface area contributed by atoms with Gasteiger partial charge in [-0.05, 0) is 12.5 Å². The monoisotopic (exact) mass is 194 g/mol. The van der Waals surface area contributed by atoms with E-state index in [0.29, 0.717) is 13.4 Å². The summed E-state index contributed by atoms with van der Waals surface area (Å²) in [5.41, 5.74) is 1.13. The van der Waals surface area contributed by atoms with Gasteiger partial charge in [0.25, 0.3) is 0 Å². The molecule has 1 heterocycles. The molecule has 14 heavy (non-hydrogen) atoms. The van der Waals surface area contributed by atoms with E-state index in [2.05, 4.69) is 0 Å². The molecule has 0 aromatic heterocycles. The lowest BCUT2D eigenvalue weighted by molar-refractivity contribution is -0.155. The summed E-state index contributed by atoms with van der Waals surface area (Å²) in [6.45, 7) is 2.74. The fourth-order valence-corrected chi connectivity index (χ4v) is 1.45. The maximum absolute atomic E-state index is 5.65. The van der Waals surface area contributed by atoms with Crippen LogP contribution in [0.3, 0.4) is 0 Å². The van der Waals surface area contributed by atoms with Crippen LogP contribution in [0.4, 0.5) is 0 Å². The molecule has 0 amide bonds. The average molecular weight is 194 g/mol. The first-order valence-corrected chi connectivity index (χ1v) is 4.76. The molecule has 0 saturated carbocycles. The summed E-state index contributed by atoms with van der Waals surface area (Å²) in [4.78, 5) is 0. The zero-order valence-electron chi connectivity index (χ0n) is 8.18. The molecule has 0 bridgehead atoms. The Balaban J connectivity index is 2.09.